The van der Waals surface area contributed by atoms with Crippen LogP contribution in [0, 0.1) is 13.8 Å². The van der Waals surface area contributed by atoms with Gasteiger partial charge < -0.3 is 0 Å². The van der Waals surface area contributed by atoms with E-state index in [2.05, 4.69) is 53.8 Å². The summed E-state index contributed by atoms with van der Waals surface area (Å²) in [5, 5.41) is 7.82. The lowest BCUT2D eigenvalue weighted by atomic mass is 9.98. The molecule has 144 valence electrons. The summed E-state index contributed by atoms with van der Waals surface area (Å²) < 4.78 is 2.56. The van der Waals surface area contributed by atoms with Crippen LogP contribution in [0.5, 0.6) is 0 Å². The van der Waals surface area contributed by atoms with Gasteiger partial charge in [-0.1, -0.05) is 72.8 Å². The van der Waals surface area contributed by atoms with E-state index in [9.17, 15) is 4.79 Å². The molecule has 0 aliphatic carbocycles. The Bertz CT molecular complexity index is 1250. The summed E-state index contributed by atoms with van der Waals surface area (Å²) in [5.74, 6) is 0. The Hall–Kier alpha value is -3.73. The number of benzene rings is 3. The summed E-state index contributed by atoms with van der Waals surface area (Å²) in [5.41, 5.74) is 7.18. The van der Waals surface area contributed by atoms with E-state index in [0.29, 0.717) is 0 Å². The highest BCUT2D eigenvalue weighted by atomic mass is 16.2. The zero-order chi connectivity index (χ0) is 20.4. The number of aryl methyl sites for hydroxylation is 3. The lowest BCUT2D eigenvalue weighted by Crippen LogP contribution is -2.22. The van der Waals surface area contributed by atoms with Gasteiger partial charge >= 0.3 is 5.69 Å². The summed E-state index contributed by atoms with van der Waals surface area (Å²) in [6.07, 6.45) is 4.12. The highest BCUT2D eigenvalue weighted by molar-refractivity contribution is 5.78. The van der Waals surface area contributed by atoms with Gasteiger partial charge in [-0.25, -0.2) is 4.79 Å². The molecule has 0 amide bonds. The molecule has 0 spiro atoms. The maximum atomic E-state index is 12.3. The lowest BCUT2D eigenvalue weighted by molar-refractivity contribution is 0.693. The monoisotopic (exact) mass is 382 g/mol. The third kappa shape index (κ3) is 3.67. The number of aromatic nitrogens is 4. The molecule has 0 saturated heterocycles. The summed E-state index contributed by atoms with van der Waals surface area (Å²) >= 11 is 0. The highest BCUT2D eigenvalue weighted by Crippen LogP contribution is 2.25. The largest absolute Gasteiger partial charge is 0.368 e. The molecule has 1 heterocycles. The molecule has 29 heavy (non-hydrogen) atoms. The van der Waals surface area contributed by atoms with Crippen LogP contribution in [0.3, 0.4) is 0 Å². The maximum absolute atomic E-state index is 12.3. The molecule has 0 unspecified atom stereocenters. The molecule has 5 heteroatoms. The average molecular weight is 382 g/mol. The fraction of sp³-hybridized carbons (Fsp3) is 0.125. The predicted molar refractivity (Wildman–Crippen MR) is 117 cm³/mol. The molecule has 5 nitrogen and oxygen atoms in total. The first-order valence-electron chi connectivity index (χ1n) is 9.48. The normalized spacial score (nSPS) is 11.3. The Morgan fingerprint density at radius 1 is 0.793 bits per heavy atom. The van der Waals surface area contributed by atoms with E-state index in [-0.39, 0.29) is 5.69 Å². The molecule has 0 saturated carbocycles. The Labute approximate surface area is 169 Å². The first-order chi connectivity index (χ1) is 14.0. The number of hydrogen-bond acceptors (Lipinski definition) is 3. The fourth-order valence-electron chi connectivity index (χ4n) is 3.38. The summed E-state index contributed by atoms with van der Waals surface area (Å²) in [4.78, 5) is 12.3. The van der Waals surface area contributed by atoms with Crippen LogP contribution in [0.2, 0.25) is 0 Å². The van der Waals surface area contributed by atoms with E-state index in [1.165, 1.54) is 26.1 Å². The van der Waals surface area contributed by atoms with Crippen LogP contribution in [-0.2, 0) is 7.05 Å². The van der Waals surface area contributed by atoms with E-state index >= 15 is 0 Å². The molecule has 4 aromatic rings. The van der Waals surface area contributed by atoms with Crippen molar-refractivity contribution in [3.63, 3.8) is 0 Å². The quantitative estimate of drug-likeness (QED) is 0.491. The zero-order valence-corrected chi connectivity index (χ0v) is 16.7. The van der Waals surface area contributed by atoms with Crippen LogP contribution >= 0.6 is 0 Å². The van der Waals surface area contributed by atoms with Gasteiger partial charge in [0.05, 0.1) is 5.69 Å². The molecule has 0 atom stereocenters. The van der Waals surface area contributed by atoms with Crippen molar-refractivity contribution in [1.82, 2.24) is 19.8 Å². The first kappa shape index (κ1) is 18.6. The Kier molecular flexibility index (Phi) is 4.96. The molecule has 0 aliphatic heterocycles. The van der Waals surface area contributed by atoms with Gasteiger partial charge in [0.25, 0.3) is 0 Å². The first-order valence-corrected chi connectivity index (χ1v) is 9.48. The van der Waals surface area contributed by atoms with Gasteiger partial charge in [-0.2, -0.15) is 9.36 Å². The zero-order valence-electron chi connectivity index (χ0n) is 16.7. The van der Waals surface area contributed by atoms with E-state index < -0.39 is 0 Å². The van der Waals surface area contributed by atoms with Crippen molar-refractivity contribution in [3.05, 3.63) is 99.5 Å². The molecule has 0 N–H and O–H groups in total. The number of hydrogen-bond donors (Lipinski definition) is 0. The third-order valence-electron chi connectivity index (χ3n) is 5.06. The summed E-state index contributed by atoms with van der Waals surface area (Å²) in [6, 6.07) is 22.6. The molecule has 4 rings (SSSR count). The molecular formula is C24H22N4O. The maximum Gasteiger partial charge on any atom is 0.368 e. The van der Waals surface area contributed by atoms with Gasteiger partial charge in [-0.15, -0.1) is 0 Å². The summed E-state index contributed by atoms with van der Waals surface area (Å²) in [7, 11) is 1.59. The second-order valence-corrected chi connectivity index (χ2v) is 7.08. The van der Waals surface area contributed by atoms with Crippen molar-refractivity contribution in [2.45, 2.75) is 13.8 Å². The van der Waals surface area contributed by atoms with Crippen molar-refractivity contribution in [2.75, 3.05) is 0 Å². The van der Waals surface area contributed by atoms with Crippen molar-refractivity contribution in [2.24, 2.45) is 7.05 Å². The summed E-state index contributed by atoms with van der Waals surface area (Å²) in [6.45, 7) is 4.13. The van der Waals surface area contributed by atoms with Gasteiger partial charge in [-0.3, -0.25) is 0 Å². The Balaban J connectivity index is 1.72. The number of nitrogens with zero attached hydrogens (tertiary/aromatic N) is 4. The van der Waals surface area contributed by atoms with E-state index in [1.54, 1.807) is 7.05 Å². The molecule has 1 aromatic heterocycles. The highest BCUT2D eigenvalue weighted by Gasteiger charge is 2.11. The van der Waals surface area contributed by atoms with E-state index in [0.717, 1.165) is 22.4 Å². The molecule has 0 bridgehead atoms. The topological polar surface area (TPSA) is 52.7 Å². The third-order valence-corrected chi connectivity index (χ3v) is 5.06. The minimum Gasteiger partial charge on any atom is -0.244 e. The van der Waals surface area contributed by atoms with Gasteiger partial charge in [0.2, 0.25) is 0 Å². The van der Waals surface area contributed by atoms with E-state index in [1.807, 2.05) is 49.4 Å². The minimum atomic E-state index is -0.270. The van der Waals surface area contributed by atoms with Crippen LogP contribution < -0.4 is 5.69 Å². The molecule has 0 aliphatic rings. The van der Waals surface area contributed by atoms with Gasteiger partial charge in [0.15, 0.2) is 0 Å². The van der Waals surface area contributed by atoms with Crippen molar-refractivity contribution in [3.8, 4) is 16.8 Å². The van der Waals surface area contributed by atoms with Gasteiger partial charge in [0.1, 0.15) is 0 Å². The molecule has 3 aromatic carbocycles. The van der Waals surface area contributed by atoms with Gasteiger partial charge in [0, 0.05) is 12.6 Å². The van der Waals surface area contributed by atoms with Crippen molar-refractivity contribution < 1.29 is 0 Å². The van der Waals surface area contributed by atoms with Crippen LogP contribution in [-0.4, -0.2) is 19.8 Å². The molecular weight excluding hydrogens is 360 g/mol. The van der Waals surface area contributed by atoms with E-state index in [4.69, 9.17) is 0 Å². The van der Waals surface area contributed by atoms with Crippen LogP contribution in [0.15, 0.2) is 71.5 Å². The second-order valence-electron chi connectivity index (χ2n) is 7.08. The molecule has 0 radical (unpaired) electrons. The second kappa shape index (κ2) is 7.72. The smallest absolute Gasteiger partial charge is 0.244 e. The Morgan fingerprint density at radius 3 is 2.28 bits per heavy atom. The number of tetrazole rings is 1. The fourth-order valence-corrected chi connectivity index (χ4v) is 3.38. The van der Waals surface area contributed by atoms with Gasteiger partial charge in [-0.05, 0) is 58.2 Å². The van der Waals surface area contributed by atoms with Crippen LogP contribution in [0.4, 0.5) is 0 Å². The SMILES string of the molecule is Cc1cc(-c2ccccc2)ccc1/C=C/c1c(C)cccc1-n1nnn(C)c1=O. The Morgan fingerprint density at radius 2 is 1.59 bits per heavy atom. The molecule has 0 fully saturated rings. The predicted octanol–water partition coefficient (Wildman–Crippen LogP) is 4.42. The van der Waals surface area contributed by atoms with Crippen molar-refractivity contribution in [1.29, 1.82) is 0 Å². The van der Waals surface area contributed by atoms with Crippen molar-refractivity contribution >= 4 is 12.2 Å². The standard InChI is InChI=1S/C24H22N4O/c1-17-8-7-11-23(28-24(29)27(3)25-26-28)22(17)15-14-19-12-13-21(16-18(19)2)20-9-5-4-6-10-20/h4-16H,1-3H3/b15-14+. The minimum absolute atomic E-state index is 0.270. The lowest BCUT2D eigenvalue weighted by Gasteiger charge is -2.09. The van der Waals surface area contributed by atoms with Crippen LogP contribution in [0.25, 0.3) is 29.0 Å². The number of rotatable bonds is 4. The average Bonchev–Trinajstić information content (AvgIpc) is 3.07. The van der Waals surface area contributed by atoms with Crippen LogP contribution in [0.1, 0.15) is 22.3 Å².